The summed E-state index contributed by atoms with van der Waals surface area (Å²) in [6.45, 7) is 3.45. The topological polar surface area (TPSA) is 163 Å². The minimum atomic E-state index is -1.11. The van der Waals surface area contributed by atoms with Gasteiger partial charge in [0.25, 0.3) is 0 Å². The highest BCUT2D eigenvalue weighted by Gasteiger charge is 2.46. The lowest BCUT2D eigenvalue weighted by Gasteiger charge is -2.42. The molecule has 0 radical (unpaired) electrons. The van der Waals surface area contributed by atoms with E-state index in [1.165, 1.54) is 37.4 Å². The first-order chi connectivity index (χ1) is 21.0. The molecule has 1 aliphatic carbocycles. The maximum Gasteiger partial charge on any atom is 0.335 e. The third kappa shape index (κ3) is 4.83. The minimum absolute atomic E-state index is 0.00671. The van der Waals surface area contributed by atoms with Crippen molar-refractivity contribution in [3.8, 4) is 11.5 Å². The first kappa shape index (κ1) is 29.5. The number of carbonyl (C=O) groups excluding carboxylic acids is 2. The van der Waals surface area contributed by atoms with Crippen molar-refractivity contribution in [2.45, 2.75) is 57.6 Å². The average Bonchev–Trinajstić information content (AvgIpc) is 2.98. The molecule has 11 nitrogen and oxygen atoms in total. The van der Waals surface area contributed by atoms with Crippen molar-refractivity contribution in [3.05, 3.63) is 99.2 Å². The Morgan fingerprint density at radius 2 is 1.77 bits per heavy atom. The van der Waals surface area contributed by atoms with Gasteiger partial charge in [-0.05, 0) is 49.2 Å². The number of fused-ring (bicyclic) bond motifs is 3. The molecule has 1 saturated heterocycles. The number of ketones is 2. The molecule has 0 unspecified atom stereocenters. The van der Waals surface area contributed by atoms with Gasteiger partial charge in [-0.3, -0.25) is 9.59 Å². The van der Waals surface area contributed by atoms with Crippen LogP contribution in [-0.2, 0) is 16.0 Å². The Labute approximate surface area is 252 Å². The number of phenolic OH excluding ortho intramolecular Hbond substituents is 1. The number of rotatable bonds is 6. The van der Waals surface area contributed by atoms with Crippen LogP contribution in [-0.4, -0.2) is 74.6 Å². The standard InChI is InChI=1S/C33H31NO10/c1-15-11-20-25(21(35)12-15)27-28(34(32(20)42-3)14-17-7-9-18(10-8-17)33(40)41)31(39)26-19(30(27)38)5-4-6-23(26)44-24-13-22(36)29(37)16(2)43-24/h4-12,16,22,24,29,32,35-37H,13-14H2,1-3H3,(H,40,41)/t16-,22+,24-,29-,32-/m0/s1. The zero-order valence-corrected chi connectivity index (χ0v) is 24.2. The number of ether oxygens (including phenoxy) is 3. The Morgan fingerprint density at radius 3 is 2.43 bits per heavy atom. The van der Waals surface area contributed by atoms with Crippen LogP contribution in [0.3, 0.4) is 0 Å². The Kier molecular flexibility index (Phi) is 7.50. The summed E-state index contributed by atoms with van der Waals surface area (Å²) in [5.74, 6) is -2.25. The molecule has 0 amide bonds. The number of phenols is 1. The van der Waals surface area contributed by atoms with Crippen LogP contribution < -0.4 is 4.74 Å². The summed E-state index contributed by atoms with van der Waals surface area (Å²) in [6.07, 6.45) is -4.89. The van der Waals surface area contributed by atoms with Crippen molar-refractivity contribution >= 4 is 23.1 Å². The zero-order chi connectivity index (χ0) is 31.4. The first-order valence-electron chi connectivity index (χ1n) is 14.1. The number of hydrogen-bond donors (Lipinski definition) is 4. The summed E-state index contributed by atoms with van der Waals surface area (Å²) in [6, 6.07) is 14.1. The van der Waals surface area contributed by atoms with E-state index in [9.17, 15) is 34.8 Å². The number of nitrogens with zero attached hydrogens (tertiary/aromatic N) is 1. The molecule has 0 aromatic heterocycles. The van der Waals surface area contributed by atoms with Crippen LogP contribution in [0, 0.1) is 6.92 Å². The van der Waals surface area contributed by atoms with Crippen LogP contribution in [0.15, 0.2) is 60.3 Å². The molecule has 0 saturated carbocycles. The quantitative estimate of drug-likeness (QED) is 0.327. The van der Waals surface area contributed by atoms with Gasteiger partial charge in [0.1, 0.15) is 23.3 Å². The molecule has 2 heterocycles. The average molecular weight is 602 g/mol. The second-order valence-electron chi connectivity index (χ2n) is 11.2. The number of Topliss-reactive ketones (excluding diaryl/α,β-unsaturated/α-hetero) is 2. The molecule has 44 heavy (non-hydrogen) atoms. The zero-order valence-electron chi connectivity index (χ0n) is 24.2. The smallest absolute Gasteiger partial charge is 0.335 e. The number of aliphatic hydroxyl groups is 2. The van der Waals surface area contributed by atoms with Gasteiger partial charge in [-0.2, -0.15) is 0 Å². The number of aryl methyl sites for hydroxylation is 1. The highest BCUT2D eigenvalue weighted by atomic mass is 16.7. The Hall–Kier alpha value is -4.55. The monoisotopic (exact) mass is 601 g/mol. The number of carboxylic acids is 1. The van der Waals surface area contributed by atoms with Crippen LogP contribution in [0.4, 0.5) is 0 Å². The van der Waals surface area contributed by atoms with Gasteiger partial charge in [0, 0.05) is 36.8 Å². The van der Waals surface area contributed by atoms with Crippen LogP contribution in [0.1, 0.15) is 72.9 Å². The number of aliphatic hydroxyl groups excluding tert-OH is 2. The SMILES string of the molecule is CO[C@H]1c2cc(C)cc(O)c2C2=C(C(=O)c3c(O[C@H]4C[C@@H](O)[C@@H](O)[C@H](C)O4)cccc3C2=O)N1Cc1ccc(C(=O)O)cc1. The second kappa shape index (κ2) is 11.2. The molecule has 11 heteroatoms. The van der Waals surface area contributed by atoms with E-state index in [4.69, 9.17) is 14.2 Å². The van der Waals surface area contributed by atoms with E-state index < -0.39 is 48.4 Å². The van der Waals surface area contributed by atoms with E-state index in [1.54, 1.807) is 43.0 Å². The lowest BCUT2D eigenvalue weighted by Crippen LogP contribution is -2.48. The summed E-state index contributed by atoms with van der Waals surface area (Å²) in [5, 5.41) is 40.8. The second-order valence-corrected chi connectivity index (χ2v) is 11.2. The number of benzene rings is 3. The van der Waals surface area contributed by atoms with Crippen molar-refractivity contribution < 1.29 is 49.0 Å². The molecule has 5 atom stereocenters. The summed E-state index contributed by atoms with van der Waals surface area (Å²) in [7, 11) is 1.46. The lowest BCUT2D eigenvalue weighted by atomic mass is 9.78. The Bertz CT molecular complexity index is 1700. The van der Waals surface area contributed by atoms with Gasteiger partial charge in [-0.15, -0.1) is 0 Å². The maximum absolute atomic E-state index is 14.6. The van der Waals surface area contributed by atoms with Crippen molar-refractivity contribution in [2.24, 2.45) is 0 Å². The predicted octanol–water partition coefficient (Wildman–Crippen LogP) is 3.59. The fourth-order valence-electron chi connectivity index (χ4n) is 6.19. The number of carbonyl (C=O) groups is 3. The third-order valence-electron chi connectivity index (χ3n) is 8.27. The van der Waals surface area contributed by atoms with E-state index in [2.05, 4.69) is 0 Å². The van der Waals surface area contributed by atoms with Gasteiger partial charge in [-0.25, -0.2) is 4.79 Å². The van der Waals surface area contributed by atoms with Crippen LogP contribution in [0.5, 0.6) is 11.5 Å². The molecular formula is C33H31NO10. The molecule has 3 aliphatic rings. The Morgan fingerprint density at radius 1 is 1.05 bits per heavy atom. The fraction of sp³-hybridized carbons (Fsp3) is 0.303. The van der Waals surface area contributed by atoms with Crippen LogP contribution >= 0.6 is 0 Å². The number of allylic oxidation sites excluding steroid dienone is 2. The van der Waals surface area contributed by atoms with E-state index in [0.717, 1.165) is 5.56 Å². The van der Waals surface area contributed by atoms with Gasteiger partial charge in [0.2, 0.25) is 12.1 Å². The summed E-state index contributed by atoms with van der Waals surface area (Å²) in [4.78, 5) is 41.9. The summed E-state index contributed by atoms with van der Waals surface area (Å²) < 4.78 is 17.7. The normalized spacial score (nSPS) is 24.5. The summed E-state index contributed by atoms with van der Waals surface area (Å²) >= 11 is 0. The predicted molar refractivity (Wildman–Crippen MR) is 155 cm³/mol. The Balaban J connectivity index is 1.49. The molecular weight excluding hydrogens is 570 g/mol. The molecule has 2 aliphatic heterocycles. The minimum Gasteiger partial charge on any atom is -0.507 e. The number of hydrogen-bond acceptors (Lipinski definition) is 10. The van der Waals surface area contributed by atoms with Gasteiger partial charge < -0.3 is 39.5 Å². The van der Waals surface area contributed by atoms with Gasteiger partial charge in [0.15, 0.2) is 12.0 Å². The lowest BCUT2D eigenvalue weighted by molar-refractivity contribution is -0.216. The van der Waals surface area contributed by atoms with Crippen molar-refractivity contribution in [1.82, 2.24) is 4.90 Å². The molecule has 0 spiro atoms. The third-order valence-corrected chi connectivity index (χ3v) is 8.27. The van der Waals surface area contributed by atoms with Crippen molar-refractivity contribution in [3.63, 3.8) is 0 Å². The van der Waals surface area contributed by atoms with Crippen LogP contribution in [0.25, 0.3) is 5.57 Å². The van der Waals surface area contributed by atoms with Crippen molar-refractivity contribution in [2.75, 3.05) is 7.11 Å². The largest absolute Gasteiger partial charge is 0.507 e. The van der Waals surface area contributed by atoms with Gasteiger partial charge in [-0.1, -0.05) is 30.3 Å². The molecule has 0 bridgehead atoms. The maximum atomic E-state index is 14.6. The van der Waals surface area contributed by atoms with E-state index in [-0.39, 0.29) is 58.0 Å². The fourth-order valence-corrected chi connectivity index (χ4v) is 6.19. The number of aromatic carboxylic acids is 1. The summed E-state index contributed by atoms with van der Waals surface area (Å²) in [5.41, 5.74) is 2.24. The molecule has 3 aromatic carbocycles. The first-order valence-corrected chi connectivity index (χ1v) is 14.1. The van der Waals surface area contributed by atoms with E-state index >= 15 is 0 Å². The van der Waals surface area contributed by atoms with Crippen molar-refractivity contribution in [1.29, 1.82) is 0 Å². The van der Waals surface area contributed by atoms with Gasteiger partial charge in [0.05, 0.1) is 28.9 Å². The highest BCUT2D eigenvalue weighted by molar-refractivity contribution is 6.41. The number of aromatic hydroxyl groups is 1. The van der Waals surface area contributed by atoms with Crippen LogP contribution in [0.2, 0.25) is 0 Å². The molecule has 3 aromatic rings. The molecule has 4 N–H and O–H groups in total. The van der Waals surface area contributed by atoms with Gasteiger partial charge >= 0.3 is 5.97 Å². The number of carboxylic acid groups (broad SMARTS) is 1. The molecule has 1 fully saturated rings. The van der Waals surface area contributed by atoms with E-state index in [0.29, 0.717) is 11.1 Å². The molecule has 228 valence electrons. The highest BCUT2D eigenvalue weighted by Crippen LogP contribution is 2.49. The molecule has 6 rings (SSSR count). The van der Waals surface area contributed by atoms with E-state index in [1.807, 2.05) is 0 Å². The number of methoxy groups -OCH3 is 1.